The summed E-state index contributed by atoms with van der Waals surface area (Å²) in [4.78, 5) is 24.8. The molecular formula is C17H16O7. The van der Waals surface area contributed by atoms with Gasteiger partial charge < -0.3 is 24.8 Å². The second kappa shape index (κ2) is 6.49. The molecule has 0 aliphatic carbocycles. The lowest BCUT2D eigenvalue weighted by molar-refractivity contribution is 0.0593. The second-order valence-corrected chi connectivity index (χ2v) is 5.07. The number of carbonyl (C=O) groups excluding carboxylic acids is 2. The molecule has 0 aliphatic heterocycles. The first-order valence-corrected chi connectivity index (χ1v) is 6.86. The summed E-state index contributed by atoms with van der Waals surface area (Å²) in [5.41, 5.74) is -0.336. The number of aryl methyl sites for hydroxylation is 1. The minimum Gasteiger partial charge on any atom is -0.508 e. The highest BCUT2D eigenvalue weighted by Crippen LogP contribution is 2.35. The van der Waals surface area contributed by atoms with Crippen LogP contribution in [-0.4, -0.2) is 41.3 Å². The molecular weight excluding hydrogens is 316 g/mol. The van der Waals surface area contributed by atoms with Crippen molar-refractivity contribution in [1.29, 1.82) is 0 Å². The molecule has 126 valence electrons. The lowest BCUT2D eigenvalue weighted by Gasteiger charge is -2.14. The summed E-state index contributed by atoms with van der Waals surface area (Å²) in [6.07, 6.45) is 0. The molecule has 0 atom stereocenters. The number of phenolic OH excluding ortho intramolecular Hbond substituents is 3. The molecule has 0 saturated heterocycles. The number of esters is 1. The number of benzene rings is 2. The van der Waals surface area contributed by atoms with Crippen LogP contribution in [0.1, 0.15) is 31.8 Å². The largest absolute Gasteiger partial charge is 0.508 e. The lowest BCUT2D eigenvalue weighted by atomic mass is 9.95. The van der Waals surface area contributed by atoms with Crippen molar-refractivity contribution < 1.29 is 34.4 Å². The number of hydrogen-bond donors (Lipinski definition) is 3. The van der Waals surface area contributed by atoms with Crippen LogP contribution in [0.3, 0.4) is 0 Å². The van der Waals surface area contributed by atoms with E-state index >= 15 is 0 Å². The van der Waals surface area contributed by atoms with Crippen LogP contribution in [0, 0.1) is 6.92 Å². The topological polar surface area (TPSA) is 113 Å². The zero-order valence-corrected chi connectivity index (χ0v) is 13.3. The molecule has 0 aromatic heterocycles. The quantitative estimate of drug-likeness (QED) is 0.580. The molecule has 3 N–H and O–H groups in total. The molecule has 0 saturated carbocycles. The summed E-state index contributed by atoms with van der Waals surface area (Å²) < 4.78 is 9.66. The Morgan fingerprint density at radius 3 is 2.00 bits per heavy atom. The average molecular weight is 332 g/mol. The standard InChI is InChI=1S/C17H16O7/c1-8-4-11(19)15(12(20)5-8)16(21)10-6-9(18)7-13(23-2)14(10)17(22)24-3/h4-7,18-20H,1-3H3. The van der Waals surface area contributed by atoms with Crippen LogP contribution >= 0.6 is 0 Å². The summed E-state index contributed by atoms with van der Waals surface area (Å²) in [5, 5.41) is 29.8. The Bertz CT molecular complexity index is 801. The van der Waals surface area contributed by atoms with E-state index in [2.05, 4.69) is 4.74 Å². The molecule has 2 aromatic rings. The molecule has 0 fully saturated rings. The fraction of sp³-hybridized carbons (Fsp3) is 0.176. The van der Waals surface area contributed by atoms with Gasteiger partial charge >= 0.3 is 5.97 Å². The fourth-order valence-electron chi connectivity index (χ4n) is 2.37. The van der Waals surface area contributed by atoms with Crippen molar-refractivity contribution in [1.82, 2.24) is 0 Å². The molecule has 0 heterocycles. The minimum absolute atomic E-state index is 0.0729. The first-order chi connectivity index (χ1) is 11.3. The van der Waals surface area contributed by atoms with Gasteiger partial charge in [0.25, 0.3) is 0 Å². The molecule has 2 aromatic carbocycles. The smallest absolute Gasteiger partial charge is 0.342 e. The zero-order chi connectivity index (χ0) is 18.0. The van der Waals surface area contributed by atoms with Crippen molar-refractivity contribution in [3.8, 4) is 23.0 Å². The third-order valence-corrected chi connectivity index (χ3v) is 3.41. The van der Waals surface area contributed by atoms with E-state index in [4.69, 9.17) is 4.74 Å². The molecule has 7 heteroatoms. The van der Waals surface area contributed by atoms with E-state index in [1.165, 1.54) is 19.2 Å². The highest BCUT2D eigenvalue weighted by molar-refractivity contribution is 6.18. The van der Waals surface area contributed by atoms with Crippen LogP contribution in [0.4, 0.5) is 0 Å². The molecule has 24 heavy (non-hydrogen) atoms. The van der Waals surface area contributed by atoms with Gasteiger partial charge in [0, 0.05) is 11.6 Å². The van der Waals surface area contributed by atoms with Crippen LogP contribution in [0.15, 0.2) is 24.3 Å². The van der Waals surface area contributed by atoms with Gasteiger partial charge in [-0.1, -0.05) is 0 Å². The maximum atomic E-state index is 12.8. The van der Waals surface area contributed by atoms with Gasteiger partial charge in [-0.3, -0.25) is 4.79 Å². The number of carbonyl (C=O) groups is 2. The van der Waals surface area contributed by atoms with E-state index < -0.39 is 28.8 Å². The Hall–Kier alpha value is -3.22. The number of rotatable bonds is 4. The van der Waals surface area contributed by atoms with Crippen LogP contribution in [0.5, 0.6) is 23.0 Å². The van der Waals surface area contributed by atoms with Gasteiger partial charge in [-0.05, 0) is 30.7 Å². The van der Waals surface area contributed by atoms with Gasteiger partial charge in [0.2, 0.25) is 5.78 Å². The fourth-order valence-corrected chi connectivity index (χ4v) is 2.37. The van der Waals surface area contributed by atoms with Gasteiger partial charge in [-0.25, -0.2) is 4.79 Å². The van der Waals surface area contributed by atoms with E-state index in [0.717, 1.165) is 19.2 Å². The summed E-state index contributed by atoms with van der Waals surface area (Å²) >= 11 is 0. The predicted molar refractivity (Wildman–Crippen MR) is 83.9 cm³/mol. The number of ketones is 1. The van der Waals surface area contributed by atoms with Crippen LogP contribution < -0.4 is 4.74 Å². The summed E-state index contributed by atoms with van der Waals surface area (Å²) in [6.45, 7) is 1.63. The van der Waals surface area contributed by atoms with E-state index in [1.807, 2.05) is 0 Å². The SMILES string of the molecule is COC(=O)c1c(OC)cc(O)cc1C(=O)c1c(O)cc(C)cc1O. The monoisotopic (exact) mass is 332 g/mol. The van der Waals surface area contributed by atoms with Crippen molar-refractivity contribution in [3.63, 3.8) is 0 Å². The van der Waals surface area contributed by atoms with E-state index in [0.29, 0.717) is 5.56 Å². The molecule has 2 rings (SSSR count). The first-order valence-electron chi connectivity index (χ1n) is 6.86. The van der Waals surface area contributed by atoms with E-state index in [9.17, 15) is 24.9 Å². The Balaban J connectivity index is 2.74. The van der Waals surface area contributed by atoms with Crippen molar-refractivity contribution in [2.45, 2.75) is 6.92 Å². The maximum Gasteiger partial charge on any atom is 0.342 e. The van der Waals surface area contributed by atoms with E-state index in [1.54, 1.807) is 6.92 Å². The molecule has 0 amide bonds. The Kier molecular flexibility index (Phi) is 4.64. The van der Waals surface area contributed by atoms with Crippen molar-refractivity contribution in [2.24, 2.45) is 0 Å². The van der Waals surface area contributed by atoms with Crippen molar-refractivity contribution in [3.05, 3.63) is 46.5 Å². The second-order valence-electron chi connectivity index (χ2n) is 5.07. The predicted octanol–water partition coefficient (Wildman–Crippen LogP) is 2.14. The van der Waals surface area contributed by atoms with Gasteiger partial charge in [0.05, 0.1) is 14.2 Å². The van der Waals surface area contributed by atoms with Gasteiger partial charge in [-0.2, -0.15) is 0 Å². The lowest BCUT2D eigenvalue weighted by Crippen LogP contribution is -2.13. The highest BCUT2D eigenvalue weighted by atomic mass is 16.5. The van der Waals surface area contributed by atoms with Crippen molar-refractivity contribution >= 4 is 11.8 Å². The van der Waals surface area contributed by atoms with Crippen LogP contribution in [0.2, 0.25) is 0 Å². The highest BCUT2D eigenvalue weighted by Gasteiger charge is 2.28. The third kappa shape index (κ3) is 2.96. The molecule has 0 radical (unpaired) electrons. The number of aromatic hydroxyl groups is 3. The molecule has 0 aliphatic rings. The van der Waals surface area contributed by atoms with Crippen LogP contribution in [-0.2, 0) is 4.74 Å². The van der Waals surface area contributed by atoms with E-state index in [-0.39, 0.29) is 22.6 Å². The molecule has 0 bridgehead atoms. The maximum absolute atomic E-state index is 12.8. The van der Waals surface area contributed by atoms with Gasteiger partial charge in [0.15, 0.2) is 0 Å². The zero-order valence-electron chi connectivity index (χ0n) is 13.3. The summed E-state index contributed by atoms with van der Waals surface area (Å²) in [6, 6.07) is 4.78. The Morgan fingerprint density at radius 1 is 0.917 bits per heavy atom. The Morgan fingerprint density at radius 2 is 1.50 bits per heavy atom. The summed E-state index contributed by atoms with van der Waals surface area (Å²) in [7, 11) is 2.39. The van der Waals surface area contributed by atoms with Gasteiger partial charge in [0.1, 0.15) is 34.1 Å². The summed E-state index contributed by atoms with van der Waals surface area (Å²) in [5.74, 6) is -3.02. The van der Waals surface area contributed by atoms with Crippen molar-refractivity contribution in [2.75, 3.05) is 14.2 Å². The van der Waals surface area contributed by atoms with Gasteiger partial charge in [-0.15, -0.1) is 0 Å². The first kappa shape index (κ1) is 17.1. The average Bonchev–Trinajstić information content (AvgIpc) is 2.52. The number of ether oxygens (including phenoxy) is 2. The number of hydrogen-bond acceptors (Lipinski definition) is 7. The third-order valence-electron chi connectivity index (χ3n) is 3.41. The van der Waals surface area contributed by atoms with Crippen LogP contribution in [0.25, 0.3) is 0 Å². The number of phenols is 3. The molecule has 0 spiro atoms. The normalized spacial score (nSPS) is 10.3. The Labute approximate surface area is 137 Å². The molecule has 7 nitrogen and oxygen atoms in total. The minimum atomic E-state index is -0.861. The number of methoxy groups -OCH3 is 2. The molecule has 0 unspecified atom stereocenters.